The Morgan fingerprint density at radius 1 is 1.06 bits per heavy atom. The summed E-state index contributed by atoms with van der Waals surface area (Å²) in [4.78, 5) is 0. The summed E-state index contributed by atoms with van der Waals surface area (Å²) in [6, 6.07) is 1.36. The number of rotatable bonds is 4. The molecule has 1 aliphatic carbocycles. The first kappa shape index (κ1) is 12.4. The molecular weight excluding hydrogens is 198 g/mol. The first-order valence-electron chi connectivity index (χ1n) is 7.28. The minimum absolute atomic E-state index is 0.494. The largest absolute Gasteiger partial charge is 0.377 e. The van der Waals surface area contributed by atoms with E-state index < -0.39 is 0 Å². The normalized spacial score (nSPS) is 30.2. The maximum absolute atomic E-state index is 5.82. The lowest BCUT2D eigenvalue weighted by Gasteiger charge is -2.28. The first-order valence-corrected chi connectivity index (χ1v) is 7.28. The van der Waals surface area contributed by atoms with Crippen LogP contribution in [-0.4, -0.2) is 24.8 Å². The monoisotopic (exact) mass is 225 g/mol. The van der Waals surface area contributed by atoms with Gasteiger partial charge in [0.25, 0.3) is 0 Å². The molecule has 2 nitrogen and oxygen atoms in total. The van der Waals surface area contributed by atoms with Crippen molar-refractivity contribution in [2.45, 2.75) is 82.9 Å². The molecular formula is C14H27NO. The van der Waals surface area contributed by atoms with Crippen LogP contribution in [0.15, 0.2) is 0 Å². The van der Waals surface area contributed by atoms with E-state index in [0.29, 0.717) is 12.1 Å². The Kier molecular flexibility index (Phi) is 5.11. The maximum atomic E-state index is 5.82. The predicted molar refractivity (Wildman–Crippen MR) is 67.7 cm³/mol. The predicted octanol–water partition coefficient (Wildman–Crippen LogP) is 3.26. The average molecular weight is 225 g/mol. The Morgan fingerprint density at radius 3 is 2.38 bits per heavy atom. The third-order valence-electron chi connectivity index (χ3n) is 4.16. The van der Waals surface area contributed by atoms with E-state index in [4.69, 9.17) is 4.74 Å². The summed E-state index contributed by atoms with van der Waals surface area (Å²) < 4.78 is 5.82. The van der Waals surface area contributed by atoms with Gasteiger partial charge >= 0.3 is 0 Å². The highest BCUT2D eigenvalue weighted by atomic mass is 16.5. The zero-order valence-corrected chi connectivity index (χ0v) is 10.7. The van der Waals surface area contributed by atoms with E-state index in [-0.39, 0.29) is 0 Å². The Labute approximate surface area is 100 Å². The highest BCUT2D eigenvalue weighted by Crippen LogP contribution is 2.22. The third-order valence-corrected chi connectivity index (χ3v) is 4.16. The second kappa shape index (κ2) is 6.61. The molecule has 0 aromatic carbocycles. The van der Waals surface area contributed by atoms with Crippen LogP contribution in [0.3, 0.4) is 0 Å². The van der Waals surface area contributed by atoms with E-state index in [2.05, 4.69) is 12.2 Å². The van der Waals surface area contributed by atoms with Crippen LogP contribution in [0.2, 0.25) is 0 Å². The molecule has 0 aromatic rings. The van der Waals surface area contributed by atoms with Crippen LogP contribution in [-0.2, 0) is 4.74 Å². The van der Waals surface area contributed by atoms with Gasteiger partial charge in [-0.05, 0) is 32.1 Å². The van der Waals surface area contributed by atoms with Crippen molar-refractivity contribution in [2.24, 2.45) is 0 Å². The molecule has 2 fully saturated rings. The maximum Gasteiger partial charge on any atom is 0.0728 e. The number of hydrogen-bond acceptors (Lipinski definition) is 2. The van der Waals surface area contributed by atoms with Crippen LogP contribution in [0.1, 0.15) is 64.7 Å². The van der Waals surface area contributed by atoms with Crippen molar-refractivity contribution >= 4 is 0 Å². The SMILES string of the molecule is CCC(NC1CCCCCC1)C1CCCO1. The molecule has 2 atom stereocenters. The van der Waals surface area contributed by atoms with E-state index in [1.807, 2.05) is 0 Å². The lowest BCUT2D eigenvalue weighted by Crippen LogP contribution is -2.44. The van der Waals surface area contributed by atoms with Crippen LogP contribution in [0.4, 0.5) is 0 Å². The molecule has 16 heavy (non-hydrogen) atoms. The van der Waals surface area contributed by atoms with Crippen molar-refractivity contribution in [1.82, 2.24) is 5.32 Å². The van der Waals surface area contributed by atoms with E-state index in [0.717, 1.165) is 12.6 Å². The summed E-state index contributed by atoms with van der Waals surface area (Å²) in [5, 5.41) is 3.86. The van der Waals surface area contributed by atoms with Gasteiger partial charge < -0.3 is 10.1 Å². The minimum atomic E-state index is 0.494. The highest BCUT2D eigenvalue weighted by molar-refractivity contribution is 4.83. The fourth-order valence-corrected chi connectivity index (χ4v) is 3.16. The molecule has 1 N–H and O–H groups in total. The Morgan fingerprint density at radius 2 is 1.81 bits per heavy atom. The molecule has 2 unspecified atom stereocenters. The van der Waals surface area contributed by atoms with Gasteiger partial charge in [0.05, 0.1) is 6.10 Å². The number of hydrogen-bond donors (Lipinski definition) is 1. The Bertz CT molecular complexity index is 181. The molecule has 94 valence electrons. The Balaban J connectivity index is 1.79. The highest BCUT2D eigenvalue weighted by Gasteiger charge is 2.26. The van der Waals surface area contributed by atoms with Gasteiger partial charge in [0.1, 0.15) is 0 Å². The third kappa shape index (κ3) is 3.46. The smallest absolute Gasteiger partial charge is 0.0728 e. The van der Waals surface area contributed by atoms with Crippen LogP contribution in [0, 0.1) is 0 Å². The average Bonchev–Trinajstić information content (AvgIpc) is 2.71. The zero-order chi connectivity index (χ0) is 11.2. The van der Waals surface area contributed by atoms with Crippen molar-refractivity contribution in [3.63, 3.8) is 0 Å². The van der Waals surface area contributed by atoms with Crippen LogP contribution < -0.4 is 5.32 Å². The summed E-state index contributed by atoms with van der Waals surface area (Å²) in [7, 11) is 0. The zero-order valence-electron chi connectivity index (χ0n) is 10.7. The molecule has 2 aliphatic rings. The molecule has 0 bridgehead atoms. The molecule has 2 rings (SSSR count). The van der Waals surface area contributed by atoms with Crippen molar-refractivity contribution in [3.8, 4) is 0 Å². The minimum Gasteiger partial charge on any atom is -0.377 e. The number of ether oxygens (including phenoxy) is 1. The molecule has 1 aliphatic heterocycles. The van der Waals surface area contributed by atoms with Gasteiger partial charge in [0.2, 0.25) is 0 Å². The Hall–Kier alpha value is -0.0800. The summed E-state index contributed by atoms with van der Waals surface area (Å²) in [5.41, 5.74) is 0. The van der Waals surface area contributed by atoms with Gasteiger partial charge in [-0.15, -0.1) is 0 Å². The lowest BCUT2D eigenvalue weighted by molar-refractivity contribution is 0.0719. The van der Waals surface area contributed by atoms with Crippen molar-refractivity contribution in [2.75, 3.05) is 6.61 Å². The molecule has 1 heterocycles. The van der Waals surface area contributed by atoms with Crippen molar-refractivity contribution < 1.29 is 4.74 Å². The second-order valence-corrected chi connectivity index (χ2v) is 5.42. The van der Waals surface area contributed by atoms with Gasteiger partial charge in [-0.2, -0.15) is 0 Å². The molecule has 0 amide bonds. The first-order chi connectivity index (χ1) is 7.90. The van der Waals surface area contributed by atoms with Gasteiger partial charge in [-0.3, -0.25) is 0 Å². The molecule has 1 saturated heterocycles. The van der Waals surface area contributed by atoms with Crippen LogP contribution >= 0.6 is 0 Å². The van der Waals surface area contributed by atoms with Crippen molar-refractivity contribution in [3.05, 3.63) is 0 Å². The van der Waals surface area contributed by atoms with E-state index in [9.17, 15) is 0 Å². The molecule has 0 aromatic heterocycles. The van der Waals surface area contributed by atoms with E-state index >= 15 is 0 Å². The fourth-order valence-electron chi connectivity index (χ4n) is 3.16. The van der Waals surface area contributed by atoms with Crippen molar-refractivity contribution in [1.29, 1.82) is 0 Å². The summed E-state index contributed by atoms with van der Waals surface area (Å²) >= 11 is 0. The molecule has 0 spiro atoms. The lowest BCUT2D eigenvalue weighted by atomic mass is 10.0. The summed E-state index contributed by atoms with van der Waals surface area (Å²) in [5.74, 6) is 0. The fraction of sp³-hybridized carbons (Fsp3) is 1.00. The summed E-state index contributed by atoms with van der Waals surface area (Å²) in [6.45, 7) is 3.27. The standard InChI is InChI=1S/C14H27NO/c1-2-13(14-10-7-11-16-14)15-12-8-5-3-4-6-9-12/h12-15H,2-11H2,1H3. The molecule has 1 saturated carbocycles. The second-order valence-electron chi connectivity index (χ2n) is 5.42. The van der Waals surface area contributed by atoms with Crippen LogP contribution in [0.5, 0.6) is 0 Å². The number of nitrogens with one attached hydrogen (secondary N) is 1. The topological polar surface area (TPSA) is 21.3 Å². The molecule has 0 radical (unpaired) electrons. The van der Waals surface area contributed by atoms with Gasteiger partial charge in [0, 0.05) is 18.7 Å². The van der Waals surface area contributed by atoms with E-state index in [1.165, 1.54) is 57.8 Å². The van der Waals surface area contributed by atoms with Gasteiger partial charge in [-0.1, -0.05) is 32.6 Å². The van der Waals surface area contributed by atoms with Gasteiger partial charge in [0.15, 0.2) is 0 Å². The van der Waals surface area contributed by atoms with E-state index in [1.54, 1.807) is 0 Å². The quantitative estimate of drug-likeness (QED) is 0.742. The van der Waals surface area contributed by atoms with Gasteiger partial charge in [-0.25, -0.2) is 0 Å². The van der Waals surface area contributed by atoms with Crippen LogP contribution in [0.25, 0.3) is 0 Å². The summed E-state index contributed by atoms with van der Waals surface area (Å²) in [6.07, 6.45) is 12.7. The molecule has 2 heteroatoms.